The van der Waals surface area contributed by atoms with Crippen LogP contribution in [0.5, 0.6) is 0 Å². The molecule has 19 heteroatoms. The average molecular weight is 1250 g/mol. The highest BCUT2D eigenvalue weighted by atomic mass is 16.8. The summed E-state index contributed by atoms with van der Waals surface area (Å²) in [5.74, 6) is -0.245. The van der Waals surface area contributed by atoms with Crippen LogP contribution in [0.1, 0.15) is 239 Å². The minimum absolute atomic E-state index is 0.245. The Morgan fingerprint density at radius 2 is 0.784 bits per heavy atom. The highest BCUT2D eigenvalue weighted by Crippen LogP contribution is 2.33. The van der Waals surface area contributed by atoms with Crippen LogP contribution in [0, 0.1) is 0 Å². The van der Waals surface area contributed by atoms with Crippen molar-refractivity contribution in [3.8, 4) is 0 Å². The van der Waals surface area contributed by atoms with Gasteiger partial charge >= 0.3 is 0 Å². The zero-order valence-electron chi connectivity index (χ0n) is 53.9. The molecular weight excluding hydrogens is 1130 g/mol. The van der Waals surface area contributed by atoms with Crippen molar-refractivity contribution in [2.24, 2.45) is 0 Å². The molecule has 0 aromatic carbocycles. The van der Waals surface area contributed by atoms with E-state index in [0.29, 0.717) is 12.8 Å². The highest BCUT2D eigenvalue weighted by molar-refractivity contribution is 5.76. The molecular formula is C69H123NO18. The fourth-order valence-electron chi connectivity index (χ4n) is 11.5. The van der Waals surface area contributed by atoms with Crippen molar-refractivity contribution in [1.29, 1.82) is 0 Å². The molecule has 12 N–H and O–H groups in total. The number of nitrogens with one attached hydrogen (secondary N) is 1. The topological polar surface area (TPSA) is 307 Å². The van der Waals surface area contributed by atoms with Crippen LogP contribution in [0.2, 0.25) is 0 Å². The van der Waals surface area contributed by atoms with Gasteiger partial charge in [0.1, 0.15) is 73.2 Å². The number of unbranched alkanes of at least 4 members (excludes halogenated alkanes) is 26. The Hall–Kier alpha value is -2.51. The molecule has 3 rings (SSSR count). The van der Waals surface area contributed by atoms with Crippen LogP contribution in [0.3, 0.4) is 0 Å². The Morgan fingerprint density at radius 3 is 1.23 bits per heavy atom. The van der Waals surface area contributed by atoms with E-state index in [-0.39, 0.29) is 18.9 Å². The van der Waals surface area contributed by atoms with E-state index in [1.54, 1.807) is 0 Å². The van der Waals surface area contributed by atoms with E-state index in [0.717, 1.165) is 77.0 Å². The van der Waals surface area contributed by atoms with Gasteiger partial charge in [-0.15, -0.1) is 0 Å². The maximum atomic E-state index is 13.4. The van der Waals surface area contributed by atoms with Gasteiger partial charge in [0, 0.05) is 6.42 Å². The Bertz CT molecular complexity index is 1830. The molecule has 0 aromatic heterocycles. The normalized spacial score (nSPS) is 28.8. The van der Waals surface area contributed by atoms with Gasteiger partial charge in [-0.2, -0.15) is 0 Å². The first-order valence-electron chi connectivity index (χ1n) is 34.5. The lowest BCUT2D eigenvalue weighted by molar-refractivity contribution is -0.379. The molecule has 0 aliphatic carbocycles. The van der Waals surface area contributed by atoms with Crippen molar-refractivity contribution in [3.63, 3.8) is 0 Å². The van der Waals surface area contributed by atoms with Crippen molar-refractivity contribution in [2.45, 2.75) is 343 Å². The fraction of sp³-hybridized carbons (Fsp3) is 0.841. The van der Waals surface area contributed by atoms with E-state index in [1.165, 1.54) is 128 Å². The second-order valence-corrected chi connectivity index (χ2v) is 24.6. The Labute approximate surface area is 528 Å². The number of carbonyl (C=O) groups excluding carboxylic acids is 1. The minimum atomic E-state index is -1.97. The van der Waals surface area contributed by atoms with E-state index >= 15 is 0 Å². The quantitative estimate of drug-likeness (QED) is 0.0200. The largest absolute Gasteiger partial charge is 0.394 e. The summed E-state index contributed by atoms with van der Waals surface area (Å²) in [5.41, 5.74) is 0. The molecule has 3 saturated heterocycles. The van der Waals surface area contributed by atoms with Crippen LogP contribution in [-0.4, -0.2) is 193 Å². The van der Waals surface area contributed by atoms with Gasteiger partial charge in [0.15, 0.2) is 18.9 Å². The molecule has 17 unspecified atom stereocenters. The minimum Gasteiger partial charge on any atom is -0.394 e. The first kappa shape index (κ1) is 79.7. The van der Waals surface area contributed by atoms with Crippen molar-refractivity contribution < 1.29 is 89.4 Å². The maximum Gasteiger partial charge on any atom is 0.220 e. The van der Waals surface area contributed by atoms with Crippen LogP contribution < -0.4 is 5.32 Å². The summed E-state index contributed by atoms with van der Waals surface area (Å²) in [6.07, 6.45) is 34.8. The predicted molar refractivity (Wildman–Crippen MR) is 342 cm³/mol. The van der Waals surface area contributed by atoms with E-state index < -0.39 is 124 Å². The summed E-state index contributed by atoms with van der Waals surface area (Å²) < 4.78 is 34.3. The SMILES string of the molecule is CC/C=C\C/C=C\C/C=C\C/C=C\C/C=C\CCCCCCCCCCCCCCCCCCCC(=O)NC(COC1OC(CO)C(OC2OC(CO)C(OC3OC(CO)C(O)C(O)C3O)C(O)C2O)C(O)C1O)C(O)CCCCCCCCCCCC. The number of ether oxygens (including phenoxy) is 6. The summed E-state index contributed by atoms with van der Waals surface area (Å²) in [5, 5.41) is 120. The number of hydrogen-bond donors (Lipinski definition) is 12. The third-order valence-corrected chi connectivity index (χ3v) is 17.1. The van der Waals surface area contributed by atoms with Gasteiger partial charge in [0.2, 0.25) is 5.91 Å². The van der Waals surface area contributed by atoms with Crippen molar-refractivity contribution in [2.75, 3.05) is 26.4 Å². The standard InChI is InChI=1S/C69H123NO18/c1-3-5-7-9-11-13-15-16-17-18-19-20-21-22-23-24-25-26-27-28-29-30-31-32-33-34-35-36-37-39-41-43-45-47-57(75)70-52(53(74)46-44-42-40-38-14-12-10-8-6-4-2)51-83-67-63(81)60(78)65(55(49-72)85-67)88-69-64(82)61(79)66(56(50-73)86-69)87-68-62(80)59(77)58(76)54(48-71)84-68/h5,7,11,13,16-17,19-20,22-23,52-56,58-69,71-74,76-82H,3-4,6,8-10,12,14-15,18,21,24-51H2,1-2H3,(H,70,75)/b7-5-,13-11-,17-16-,20-19-,23-22-. The third-order valence-electron chi connectivity index (χ3n) is 17.1. The molecule has 3 heterocycles. The number of carbonyl (C=O) groups is 1. The van der Waals surface area contributed by atoms with Gasteiger partial charge in [-0.3, -0.25) is 4.79 Å². The molecule has 1 amide bonds. The molecule has 0 bridgehead atoms. The first-order valence-corrected chi connectivity index (χ1v) is 34.5. The molecule has 0 spiro atoms. The van der Waals surface area contributed by atoms with E-state index in [9.17, 15) is 61.0 Å². The molecule has 19 nitrogen and oxygen atoms in total. The fourth-order valence-corrected chi connectivity index (χ4v) is 11.5. The summed E-state index contributed by atoms with van der Waals surface area (Å²) in [6, 6.07) is -0.886. The van der Waals surface area contributed by atoms with Crippen molar-refractivity contribution >= 4 is 5.91 Å². The third kappa shape index (κ3) is 32.9. The molecule has 512 valence electrons. The van der Waals surface area contributed by atoms with Gasteiger partial charge < -0.3 is 89.9 Å². The van der Waals surface area contributed by atoms with E-state index in [1.807, 2.05) is 0 Å². The van der Waals surface area contributed by atoms with Gasteiger partial charge in [-0.05, 0) is 57.8 Å². The number of hydrogen-bond acceptors (Lipinski definition) is 18. The molecule has 0 saturated carbocycles. The molecule has 88 heavy (non-hydrogen) atoms. The lowest BCUT2D eigenvalue weighted by Gasteiger charge is -2.48. The van der Waals surface area contributed by atoms with Crippen molar-refractivity contribution in [3.05, 3.63) is 60.8 Å². The van der Waals surface area contributed by atoms with Gasteiger partial charge in [-0.25, -0.2) is 0 Å². The highest BCUT2D eigenvalue weighted by Gasteiger charge is 2.53. The molecule has 3 fully saturated rings. The molecule has 17 atom stereocenters. The predicted octanol–water partition coefficient (Wildman–Crippen LogP) is 8.77. The summed E-state index contributed by atoms with van der Waals surface area (Å²) in [7, 11) is 0. The lowest BCUT2D eigenvalue weighted by Crippen LogP contribution is -2.66. The van der Waals surface area contributed by atoms with Crippen LogP contribution in [0.25, 0.3) is 0 Å². The number of allylic oxidation sites excluding steroid dienone is 10. The summed E-state index contributed by atoms with van der Waals surface area (Å²) in [6.45, 7) is 1.66. The lowest BCUT2D eigenvalue weighted by atomic mass is 9.96. The molecule has 3 aliphatic rings. The van der Waals surface area contributed by atoms with Crippen LogP contribution in [-0.2, 0) is 33.2 Å². The number of aliphatic hydroxyl groups is 11. The summed E-state index contributed by atoms with van der Waals surface area (Å²) in [4.78, 5) is 13.4. The molecule has 0 aromatic rings. The average Bonchev–Trinajstić information content (AvgIpc) is 1.83. The molecule has 0 radical (unpaired) electrons. The van der Waals surface area contributed by atoms with Crippen LogP contribution in [0.4, 0.5) is 0 Å². The first-order chi connectivity index (χ1) is 42.8. The summed E-state index contributed by atoms with van der Waals surface area (Å²) >= 11 is 0. The molecule has 3 aliphatic heterocycles. The second kappa shape index (κ2) is 51.0. The van der Waals surface area contributed by atoms with Gasteiger partial charge in [-0.1, -0.05) is 235 Å². The van der Waals surface area contributed by atoms with E-state index in [2.05, 4.69) is 79.9 Å². The smallest absolute Gasteiger partial charge is 0.220 e. The van der Waals surface area contributed by atoms with Gasteiger partial charge in [0.05, 0.1) is 38.6 Å². The second-order valence-electron chi connectivity index (χ2n) is 24.6. The Morgan fingerprint density at radius 1 is 0.420 bits per heavy atom. The Balaban J connectivity index is 1.33. The number of amides is 1. The zero-order chi connectivity index (χ0) is 64.0. The van der Waals surface area contributed by atoms with Crippen molar-refractivity contribution in [1.82, 2.24) is 5.32 Å². The van der Waals surface area contributed by atoms with E-state index in [4.69, 9.17) is 28.4 Å². The number of aliphatic hydroxyl groups excluding tert-OH is 11. The van der Waals surface area contributed by atoms with Gasteiger partial charge in [0.25, 0.3) is 0 Å². The van der Waals surface area contributed by atoms with Crippen LogP contribution in [0.15, 0.2) is 60.8 Å². The van der Waals surface area contributed by atoms with Crippen LogP contribution >= 0.6 is 0 Å². The Kier molecular flexibility index (Phi) is 46.2. The number of rotatable bonds is 52. The monoisotopic (exact) mass is 1250 g/mol. The maximum absolute atomic E-state index is 13.4. The zero-order valence-corrected chi connectivity index (χ0v) is 53.9.